The number of rotatable bonds is 4. The highest BCUT2D eigenvalue weighted by Crippen LogP contribution is 2.37. The lowest BCUT2D eigenvalue weighted by atomic mass is 10.1. The molecule has 28 heavy (non-hydrogen) atoms. The number of hydrogen-bond donors (Lipinski definition) is 4. The third-order valence-electron chi connectivity index (χ3n) is 4.95. The highest BCUT2D eigenvalue weighted by molar-refractivity contribution is 7.21. The van der Waals surface area contributed by atoms with Gasteiger partial charge in [0.15, 0.2) is 0 Å². The van der Waals surface area contributed by atoms with Crippen LogP contribution in [0.1, 0.15) is 30.7 Å². The van der Waals surface area contributed by atoms with Crippen molar-refractivity contribution in [2.24, 2.45) is 5.92 Å². The van der Waals surface area contributed by atoms with E-state index in [9.17, 15) is 5.11 Å². The van der Waals surface area contributed by atoms with Crippen LogP contribution in [0, 0.1) is 19.8 Å². The summed E-state index contributed by atoms with van der Waals surface area (Å²) in [5.41, 5.74) is 9.43. The molecule has 9 heteroatoms. The van der Waals surface area contributed by atoms with E-state index in [2.05, 4.69) is 20.3 Å². The summed E-state index contributed by atoms with van der Waals surface area (Å²) in [5.74, 6) is 1.33. The molecule has 5 N–H and O–H groups in total. The molecule has 4 rings (SSSR count). The molecule has 0 spiro atoms. The molecule has 1 aliphatic carbocycles. The van der Waals surface area contributed by atoms with Crippen LogP contribution < -0.4 is 11.1 Å². The van der Waals surface area contributed by atoms with Crippen molar-refractivity contribution in [2.45, 2.75) is 39.2 Å². The maximum absolute atomic E-state index is 9.39. The van der Waals surface area contributed by atoms with Gasteiger partial charge < -0.3 is 21.3 Å². The summed E-state index contributed by atoms with van der Waals surface area (Å²) in [4.78, 5) is 17.9. The zero-order valence-corrected chi connectivity index (χ0v) is 17.1. The van der Waals surface area contributed by atoms with Crippen LogP contribution in [-0.2, 0) is 0 Å². The van der Waals surface area contributed by atoms with E-state index < -0.39 is 0 Å². The first kappa shape index (κ1) is 20.4. The quantitative estimate of drug-likeness (QED) is 0.524. The van der Waals surface area contributed by atoms with Crippen LogP contribution in [0.4, 0.5) is 11.8 Å². The Morgan fingerprint density at radius 2 is 1.96 bits per heavy atom. The zero-order valence-electron chi connectivity index (χ0n) is 16.3. The highest BCUT2D eigenvalue weighted by atomic mass is 32.1. The Morgan fingerprint density at radius 1 is 1.18 bits per heavy atom. The molecule has 3 aromatic heterocycles. The van der Waals surface area contributed by atoms with E-state index in [1.54, 1.807) is 17.5 Å². The minimum Gasteiger partial charge on any atom is -0.400 e. The van der Waals surface area contributed by atoms with Gasteiger partial charge in [0.25, 0.3) is 0 Å². The van der Waals surface area contributed by atoms with Crippen LogP contribution in [0.15, 0.2) is 12.3 Å². The van der Waals surface area contributed by atoms with Crippen molar-refractivity contribution < 1.29 is 10.2 Å². The molecule has 2 unspecified atom stereocenters. The molecule has 0 aromatic carbocycles. The molecule has 1 aliphatic rings. The minimum atomic E-state index is 0.236. The molecule has 0 aliphatic heterocycles. The number of anilines is 2. The number of fused-ring (bicyclic) bond motifs is 1. The predicted molar refractivity (Wildman–Crippen MR) is 112 cm³/mol. The van der Waals surface area contributed by atoms with Gasteiger partial charge in [-0.15, -0.1) is 11.3 Å². The molecular weight excluding hydrogens is 376 g/mol. The van der Waals surface area contributed by atoms with Gasteiger partial charge in [-0.05, 0) is 45.1 Å². The van der Waals surface area contributed by atoms with Crippen LogP contribution in [0.5, 0.6) is 0 Å². The smallest absolute Gasteiger partial charge is 0.222 e. The first-order valence-electron chi connectivity index (χ1n) is 9.24. The fourth-order valence-electron chi connectivity index (χ4n) is 3.61. The molecule has 0 amide bonds. The molecule has 8 nitrogen and oxygen atoms in total. The first-order valence-corrected chi connectivity index (χ1v) is 10.1. The fraction of sp³-hybridized carbons (Fsp3) is 0.474. The Morgan fingerprint density at radius 3 is 2.64 bits per heavy atom. The van der Waals surface area contributed by atoms with Crippen molar-refractivity contribution in [1.82, 2.24) is 19.9 Å². The van der Waals surface area contributed by atoms with Crippen molar-refractivity contribution in [2.75, 3.05) is 24.8 Å². The fourth-order valence-corrected chi connectivity index (χ4v) is 4.72. The number of nitrogens with one attached hydrogen (secondary N) is 1. The van der Waals surface area contributed by atoms with Crippen molar-refractivity contribution in [3.05, 3.63) is 23.7 Å². The molecule has 0 bridgehead atoms. The van der Waals surface area contributed by atoms with Gasteiger partial charge in [0.05, 0.1) is 21.7 Å². The summed E-state index contributed by atoms with van der Waals surface area (Å²) in [7, 11) is 1.00. The van der Waals surface area contributed by atoms with Gasteiger partial charge in [-0.25, -0.2) is 9.97 Å². The second-order valence-corrected chi connectivity index (χ2v) is 7.89. The van der Waals surface area contributed by atoms with Gasteiger partial charge >= 0.3 is 0 Å². The maximum atomic E-state index is 9.39. The number of aliphatic hydroxyl groups excluding tert-OH is 2. The largest absolute Gasteiger partial charge is 0.400 e. The second-order valence-electron chi connectivity index (χ2n) is 6.86. The molecule has 1 fully saturated rings. The number of aryl methyl sites for hydroxylation is 2. The van der Waals surface area contributed by atoms with Gasteiger partial charge in [0.1, 0.15) is 16.3 Å². The van der Waals surface area contributed by atoms with Gasteiger partial charge in [0.2, 0.25) is 5.95 Å². The summed E-state index contributed by atoms with van der Waals surface area (Å²) in [6.45, 7) is 4.13. The van der Waals surface area contributed by atoms with Gasteiger partial charge in [-0.1, -0.05) is 0 Å². The van der Waals surface area contributed by atoms with E-state index in [1.807, 2.05) is 19.9 Å². The number of nitrogens with zero attached hydrogens (tertiary/aromatic N) is 4. The Labute approximate surface area is 167 Å². The molecule has 0 radical (unpaired) electrons. The number of aliphatic hydroxyl groups is 2. The van der Waals surface area contributed by atoms with Crippen LogP contribution in [0.3, 0.4) is 0 Å². The Kier molecular flexibility index (Phi) is 6.38. The monoisotopic (exact) mass is 402 g/mol. The van der Waals surface area contributed by atoms with E-state index in [0.717, 1.165) is 64.4 Å². The third kappa shape index (κ3) is 4.06. The molecule has 3 heterocycles. The molecule has 0 saturated heterocycles. The van der Waals surface area contributed by atoms with Gasteiger partial charge in [0, 0.05) is 26.0 Å². The molecule has 150 valence electrons. The first-order chi connectivity index (χ1) is 13.5. The summed E-state index contributed by atoms with van der Waals surface area (Å²) in [5, 5.41) is 20.8. The summed E-state index contributed by atoms with van der Waals surface area (Å²) < 4.78 is 1.09. The Hall–Kier alpha value is -2.36. The lowest BCUT2D eigenvalue weighted by Gasteiger charge is -2.17. The topological polar surface area (TPSA) is 130 Å². The van der Waals surface area contributed by atoms with E-state index in [-0.39, 0.29) is 18.6 Å². The number of nitrogen functional groups attached to an aromatic ring is 1. The number of nitrogens with two attached hydrogens (primary N) is 1. The van der Waals surface area contributed by atoms with E-state index in [1.165, 1.54) is 0 Å². The Balaban J connectivity index is 0.00000109. The van der Waals surface area contributed by atoms with E-state index in [0.29, 0.717) is 5.92 Å². The van der Waals surface area contributed by atoms with Crippen LogP contribution in [0.2, 0.25) is 0 Å². The standard InChI is InChI=1S/C18H22N6OS.CH4O/c1-9-14(17-23-15-10(2)20-6-5-13(15)26-17)16(24-18(19)21-9)22-12-4-3-11(7-12)8-25;1-2/h5-6,11-12,25H,3-4,7-8H2,1-2H3,(H3,19,21,22,24);2H,1H3. The number of pyridine rings is 1. The average molecular weight is 403 g/mol. The van der Waals surface area contributed by atoms with Gasteiger partial charge in [-0.2, -0.15) is 4.98 Å². The van der Waals surface area contributed by atoms with Gasteiger partial charge in [-0.3, -0.25) is 4.98 Å². The summed E-state index contributed by atoms with van der Waals surface area (Å²) in [6.07, 6.45) is 4.77. The van der Waals surface area contributed by atoms with E-state index >= 15 is 0 Å². The second kappa shape index (κ2) is 8.76. The summed E-state index contributed by atoms with van der Waals surface area (Å²) in [6, 6.07) is 2.25. The van der Waals surface area contributed by atoms with Crippen molar-refractivity contribution in [3.63, 3.8) is 0 Å². The number of hydrogen-bond acceptors (Lipinski definition) is 9. The molecule has 2 atom stereocenters. The normalized spacial score (nSPS) is 18.8. The SMILES string of the molecule is CO.Cc1nc(N)nc(NC2CCC(CO)C2)c1-c1nc2c(C)nccc2s1. The predicted octanol–water partition coefficient (Wildman–Crippen LogP) is 2.53. The van der Waals surface area contributed by atoms with Crippen molar-refractivity contribution in [1.29, 1.82) is 0 Å². The Bertz CT molecular complexity index is 961. The highest BCUT2D eigenvalue weighted by Gasteiger charge is 2.26. The third-order valence-corrected chi connectivity index (χ3v) is 5.99. The van der Waals surface area contributed by atoms with Crippen LogP contribution in [-0.4, -0.2) is 49.9 Å². The maximum Gasteiger partial charge on any atom is 0.222 e. The minimum absolute atomic E-state index is 0.236. The van der Waals surface area contributed by atoms with Crippen molar-refractivity contribution in [3.8, 4) is 10.6 Å². The average Bonchev–Trinajstić information content (AvgIpc) is 3.30. The van der Waals surface area contributed by atoms with E-state index in [4.69, 9.17) is 15.8 Å². The molecule has 1 saturated carbocycles. The molecular formula is C19H26N6O2S. The number of aromatic nitrogens is 4. The van der Waals surface area contributed by atoms with Crippen molar-refractivity contribution >= 4 is 33.3 Å². The lowest BCUT2D eigenvalue weighted by Crippen LogP contribution is -2.19. The van der Waals surface area contributed by atoms with Crippen LogP contribution >= 0.6 is 11.3 Å². The zero-order chi connectivity index (χ0) is 20.3. The van der Waals surface area contributed by atoms with Crippen LogP contribution in [0.25, 0.3) is 20.8 Å². The number of thiazole rings is 1. The molecule has 3 aromatic rings. The summed E-state index contributed by atoms with van der Waals surface area (Å²) >= 11 is 1.61. The lowest BCUT2D eigenvalue weighted by molar-refractivity contribution is 0.229.